The first-order chi connectivity index (χ1) is 5.25. The lowest BCUT2D eigenvalue weighted by atomic mass is 10.3. The molecule has 0 saturated carbocycles. The molecule has 13 heavy (non-hydrogen) atoms. The molecule has 0 aliphatic rings. The normalized spacial score (nSPS) is 9.00. The minimum Gasteiger partial charge on any atom is -1.00 e. The second-order valence-electron chi connectivity index (χ2n) is 2.46. The fraction of sp³-hybridized carbons (Fsp3) is 0.125. The molecule has 2 rings (SSSR count). The van der Waals surface area contributed by atoms with Crippen molar-refractivity contribution in [1.29, 1.82) is 0 Å². The first-order valence-corrected chi connectivity index (χ1v) is 4.20. The monoisotopic (exact) mass is 234 g/mol. The van der Waals surface area contributed by atoms with E-state index in [9.17, 15) is 0 Å². The minimum absolute atomic E-state index is 0. The number of nitrogens with zero attached hydrogens (tertiary/aromatic N) is 1. The molecular formula is C8H8Cl2N2S-2. The van der Waals surface area contributed by atoms with E-state index >= 15 is 0 Å². The van der Waals surface area contributed by atoms with Gasteiger partial charge in [0, 0.05) is 5.69 Å². The highest BCUT2D eigenvalue weighted by Crippen LogP contribution is 2.22. The van der Waals surface area contributed by atoms with Crippen molar-refractivity contribution in [3.63, 3.8) is 0 Å². The van der Waals surface area contributed by atoms with Gasteiger partial charge in [0.1, 0.15) is 0 Å². The smallest absolute Gasteiger partial charge is 0.0907 e. The van der Waals surface area contributed by atoms with Gasteiger partial charge in [-0.25, -0.2) is 4.98 Å². The molecule has 0 aliphatic heterocycles. The Balaban J connectivity index is 0.000000720. The van der Waals surface area contributed by atoms with Crippen LogP contribution >= 0.6 is 11.3 Å². The van der Waals surface area contributed by atoms with Gasteiger partial charge in [-0.1, -0.05) is 0 Å². The third-order valence-corrected chi connectivity index (χ3v) is 2.45. The van der Waals surface area contributed by atoms with E-state index in [1.807, 2.05) is 25.1 Å². The lowest BCUT2D eigenvalue weighted by Gasteiger charge is -1.89. The minimum atomic E-state index is 0. The summed E-state index contributed by atoms with van der Waals surface area (Å²) in [5, 5.41) is 1.09. The number of anilines is 1. The Bertz CT molecular complexity index is 400. The molecule has 0 spiro atoms. The Kier molecular flexibility index (Phi) is 4.47. The van der Waals surface area contributed by atoms with Crippen LogP contribution in [0.1, 0.15) is 5.01 Å². The van der Waals surface area contributed by atoms with Gasteiger partial charge in [0.15, 0.2) is 0 Å². The number of nitrogens with two attached hydrogens (primary N) is 1. The fourth-order valence-electron chi connectivity index (χ4n) is 1.06. The fourth-order valence-corrected chi connectivity index (χ4v) is 1.93. The number of benzene rings is 1. The highest BCUT2D eigenvalue weighted by atomic mass is 35.5. The van der Waals surface area contributed by atoms with Gasteiger partial charge in [-0.05, 0) is 25.1 Å². The van der Waals surface area contributed by atoms with E-state index < -0.39 is 0 Å². The summed E-state index contributed by atoms with van der Waals surface area (Å²) in [5.74, 6) is 0. The summed E-state index contributed by atoms with van der Waals surface area (Å²) in [6.07, 6.45) is 0. The van der Waals surface area contributed by atoms with E-state index in [-0.39, 0.29) is 24.8 Å². The van der Waals surface area contributed by atoms with Crippen LogP contribution in [0.5, 0.6) is 0 Å². The van der Waals surface area contributed by atoms with Gasteiger partial charge < -0.3 is 30.5 Å². The summed E-state index contributed by atoms with van der Waals surface area (Å²) < 4.78 is 1.17. The molecule has 0 fully saturated rings. The summed E-state index contributed by atoms with van der Waals surface area (Å²) in [6, 6.07) is 5.79. The quantitative estimate of drug-likeness (QED) is 0.476. The molecule has 0 radical (unpaired) electrons. The first kappa shape index (κ1) is 12.5. The van der Waals surface area contributed by atoms with Crippen LogP contribution in [0, 0.1) is 6.92 Å². The highest BCUT2D eigenvalue weighted by Gasteiger charge is 1.98. The van der Waals surface area contributed by atoms with Crippen LogP contribution in [0.3, 0.4) is 0 Å². The standard InChI is InChI=1S/C8H8N2S.2ClH/c1-5-10-7-3-2-6(9)4-8(7)11-5;;/h2-4H,9H2,1H3;2*1H/p-2. The zero-order valence-electron chi connectivity index (χ0n) is 6.92. The van der Waals surface area contributed by atoms with Crippen molar-refractivity contribution in [2.24, 2.45) is 0 Å². The lowest BCUT2D eigenvalue weighted by molar-refractivity contribution is -0.001000. The third kappa shape index (κ3) is 2.46. The molecule has 1 heterocycles. The molecule has 0 aliphatic carbocycles. The number of nitrogen functional groups attached to an aromatic ring is 1. The van der Waals surface area contributed by atoms with Gasteiger partial charge in [0.25, 0.3) is 0 Å². The van der Waals surface area contributed by atoms with Crippen LogP contribution in [0.4, 0.5) is 5.69 Å². The molecule has 0 bridgehead atoms. The maximum Gasteiger partial charge on any atom is 0.0907 e. The van der Waals surface area contributed by atoms with Gasteiger partial charge >= 0.3 is 0 Å². The molecule has 0 unspecified atom stereocenters. The predicted molar refractivity (Wildman–Crippen MR) is 48.8 cm³/mol. The van der Waals surface area contributed by atoms with Gasteiger partial charge in [-0.15, -0.1) is 11.3 Å². The third-order valence-electron chi connectivity index (χ3n) is 1.52. The number of aromatic nitrogens is 1. The summed E-state index contributed by atoms with van der Waals surface area (Å²) in [5.41, 5.74) is 7.46. The van der Waals surface area contributed by atoms with Crippen molar-refractivity contribution >= 4 is 27.2 Å². The molecular weight excluding hydrogens is 227 g/mol. The van der Waals surface area contributed by atoms with Crippen molar-refractivity contribution in [3.8, 4) is 0 Å². The molecule has 2 N–H and O–H groups in total. The number of rotatable bonds is 0. The number of hydrogen-bond acceptors (Lipinski definition) is 3. The predicted octanol–water partition coefficient (Wildman–Crippen LogP) is -3.81. The summed E-state index contributed by atoms with van der Waals surface area (Å²) in [6.45, 7) is 2.00. The van der Waals surface area contributed by atoms with E-state index in [1.165, 1.54) is 4.70 Å². The number of halogens is 2. The molecule has 0 saturated heterocycles. The van der Waals surface area contributed by atoms with Crippen LogP contribution in [0.25, 0.3) is 10.2 Å². The van der Waals surface area contributed by atoms with E-state index in [1.54, 1.807) is 11.3 Å². The Morgan fingerprint density at radius 3 is 2.69 bits per heavy atom. The second kappa shape index (κ2) is 4.65. The molecule has 1 aromatic heterocycles. The molecule has 0 amide bonds. The zero-order valence-corrected chi connectivity index (χ0v) is 9.25. The van der Waals surface area contributed by atoms with E-state index in [0.717, 1.165) is 16.2 Å². The van der Waals surface area contributed by atoms with E-state index in [2.05, 4.69) is 4.98 Å². The Labute approximate surface area is 93.0 Å². The molecule has 1 aromatic carbocycles. The van der Waals surface area contributed by atoms with Crippen molar-refractivity contribution in [2.45, 2.75) is 6.92 Å². The van der Waals surface area contributed by atoms with Crippen LogP contribution in [-0.2, 0) is 0 Å². The Morgan fingerprint density at radius 1 is 1.31 bits per heavy atom. The van der Waals surface area contributed by atoms with E-state index in [4.69, 9.17) is 5.73 Å². The zero-order chi connectivity index (χ0) is 7.84. The SMILES string of the molecule is Cc1nc2ccc(N)cc2s1.[Cl-].[Cl-]. The maximum absolute atomic E-state index is 5.61. The van der Waals surface area contributed by atoms with Crippen molar-refractivity contribution in [3.05, 3.63) is 23.2 Å². The summed E-state index contributed by atoms with van der Waals surface area (Å²) in [4.78, 5) is 4.32. The van der Waals surface area contributed by atoms with Crippen LogP contribution < -0.4 is 30.5 Å². The number of thiazole rings is 1. The van der Waals surface area contributed by atoms with Crippen LogP contribution in [0.2, 0.25) is 0 Å². The molecule has 2 nitrogen and oxygen atoms in total. The maximum atomic E-state index is 5.61. The van der Waals surface area contributed by atoms with Crippen molar-refractivity contribution in [1.82, 2.24) is 4.98 Å². The molecule has 2 aromatic rings. The number of aryl methyl sites for hydroxylation is 1. The molecule has 5 heteroatoms. The van der Waals surface area contributed by atoms with Gasteiger partial charge in [0.05, 0.1) is 15.2 Å². The summed E-state index contributed by atoms with van der Waals surface area (Å²) >= 11 is 1.68. The average Bonchev–Trinajstić information content (AvgIpc) is 2.27. The largest absolute Gasteiger partial charge is 1.00 e. The van der Waals surface area contributed by atoms with Gasteiger partial charge in [-0.3, -0.25) is 0 Å². The first-order valence-electron chi connectivity index (χ1n) is 3.38. The Morgan fingerprint density at radius 2 is 2.00 bits per heavy atom. The van der Waals surface area contributed by atoms with Gasteiger partial charge in [0.2, 0.25) is 0 Å². The second-order valence-corrected chi connectivity index (χ2v) is 3.69. The van der Waals surface area contributed by atoms with Crippen molar-refractivity contribution in [2.75, 3.05) is 5.73 Å². The average molecular weight is 235 g/mol. The summed E-state index contributed by atoms with van der Waals surface area (Å²) in [7, 11) is 0. The molecule has 72 valence electrons. The van der Waals surface area contributed by atoms with Crippen molar-refractivity contribution < 1.29 is 24.8 Å². The lowest BCUT2D eigenvalue weighted by Crippen LogP contribution is -3.00. The molecule has 0 atom stereocenters. The van der Waals surface area contributed by atoms with E-state index in [0.29, 0.717) is 0 Å². The number of hydrogen-bond donors (Lipinski definition) is 1. The topological polar surface area (TPSA) is 38.9 Å². The number of fused-ring (bicyclic) bond motifs is 1. The van der Waals surface area contributed by atoms with Gasteiger partial charge in [-0.2, -0.15) is 0 Å². The Hall–Kier alpha value is -0.510. The highest BCUT2D eigenvalue weighted by molar-refractivity contribution is 7.18. The van der Waals surface area contributed by atoms with Crippen LogP contribution in [0.15, 0.2) is 18.2 Å². The van der Waals surface area contributed by atoms with Crippen LogP contribution in [-0.4, -0.2) is 4.98 Å².